The summed E-state index contributed by atoms with van der Waals surface area (Å²) in [5, 5.41) is 2.66. The van der Waals surface area contributed by atoms with Crippen LogP contribution in [0.5, 0.6) is 0 Å². The van der Waals surface area contributed by atoms with Gasteiger partial charge in [0.1, 0.15) is 5.82 Å². The lowest BCUT2D eigenvalue weighted by Crippen LogP contribution is -2.51. The van der Waals surface area contributed by atoms with Gasteiger partial charge in [0.05, 0.1) is 5.02 Å². The molecule has 2 aromatic carbocycles. The Bertz CT molecular complexity index is 1140. The molecule has 33 heavy (non-hydrogen) atoms. The molecule has 0 bridgehead atoms. The van der Waals surface area contributed by atoms with Crippen LogP contribution < -0.4 is 10.2 Å². The van der Waals surface area contributed by atoms with Crippen LogP contribution in [0.2, 0.25) is 5.02 Å². The number of amides is 3. The topological polar surface area (TPSA) is 68.8 Å². The van der Waals surface area contributed by atoms with Crippen LogP contribution in [0.15, 0.2) is 67.0 Å². The van der Waals surface area contributed by atoms with Crippen molar-refractivity contribution < 1.29 is 14.0 Å². The van der Waals surface area contributed by atoms with E-state index in [1.165, 1.54) is 18.2 Å². The summed E-state index contributed by atoms with van der Waals surface area (Å²) in [5.41, 5.74) is 2.98. The number of halogens is 2. The third-order valence-electron chi connectivity index (χ3n) is 5.58. The Balaban J connectivity index is 1.32. The van der Waals surface area contributed by atoms with Crippen LogP contribution in [0, 0.1) is 5.82 Å². The summed E-state index contributed by atoms with van der Waals surface area (Å²) in [6.07, 6.45) is 3.47. The molecule has 1 aliphatic heterocycles. The number of piperazine rings is 1. The largest absolute Gasteiger partial charge is 0.345 e. The normalized spacial score (nSPS) is 13.5. The molecular weight excluding hydrogens is 445 g/mol. The zero-order valence-electron chi connectivity index (χ0n) is 18.0. The lowest BCUT2D eigenvalue weighted by Gasteiger charge is -2.34. The Labute approximate surface area is 196 Å². The summed E-state index contributed by atoms with van der Waals surface area (Å²) in [7, 11) is 1.95. The molecule has 1 aromatic heterocycles. The van der Waals surface area contributed by atoms with Crippen molar-refractivity contribution in [1.29, 1.82) is 0 Å². The number of pyridine rings is 1. The van der Waals surface area contributed by atoms with Crippen LogP contribution in [0.3, 0.4) is 0 Å². The van der Waals surface area contributed by atoms with Crippen molar-refractivity contribution in [3.63, 3.8) is 0 Å². The smallest absolute Gasteiger partial charge is 0.321 e. The van der Waals surface area contributed by atoms with Crippen LogP contribution >= 0.6 is 11.6 Å². The highest BCUT2D eigenvalue weighted by atomic mass is 35.5. The first-order valence-corrected chi connectivity index (χ1v) is 10.8. The highest BCUT2D eigenvalue weighted by Crippen LogP contribution is 2.24. The van der Waals surface area contributed by atoms with Crippen LogP contribution in [0.25, 0.3) is 0 Å². The Morgan fingerprint density at radius 2 is 1.55 bits per heavy atom. The molecule has 1 fully saturated rings. The van der Waals surface area contributed by atoms with E-state index < -0.39 is 5.82 Å². The first-order valence-electron chi connectivity index (χ1n) is 10.5. The quantitative estimate of drug-likeness (QED) is 0.607. The van der Waals surface area contributed by atoms with Gasteiger partial charge in [0.15, 0.2) is 0 Å². The first kappa shape index (κ1) is 22.5. The molecular formula is C24H23ClFN5O2. The maximum Gasteiger partial charge on any atom is 0.321 e. The number of carbonyl (C=O) groups excluding carboxylic acids is 2. The zero-order valence-corrected chi connectivity index (χ0v) is 18.8. The predicted octanol–water partition coefficient (Wildman–Crippen LogP) is 4.63. The number of nitrogens with zero attached hydrogens (tertiary/aromatic N) is 4. The highest BCUT2D eigenvalue weighted by Gasteiger charge is 2.25. The van der Waals surface area contributed by atoms with E-state index in [0.717, 1.165) is 11.4 Å². The lowest BCUT2D eigenvalue weighted by atomic mass is 10.1. The average Bonchev–Trinajstić information content (AvgIpc) is 2.86. The van der Waals surface area contributed by atoms with E-state index in [0.29, 0.717) is 37.4 Å². The Morgan fingerprint density at radius 1 is 0.939 bits per heavy atom. The number of nitrogens with one attached hydrogen (secondary N) is 1. The highest BCUT2D eigenvalue weighted by molar-refractivity contribution is 6.31. The molecule has 1 N–H and O–H groups in total. The van der Waals surface area contributed by atoms with Crippen molar-refractivity contribution in [3.8, 4) is 0 Å². The number of anilines is 3. The van der Waals surface area contributed by atoms with Gasteiger partial charge < -0.3 is 20.0 Å². The van der Waals surface area contributed by atoms with Gasteiger partial charge in [-0.05, 0) is 54.6 Å². The monoisotopic (exact) mass is 467 g/mol. The van der Waals surface area contributed by atoms with E-state index in [2.05, 4.69) is 10.3 Å². The molecule has 3 aromatic rings. The summed E-state index contributed by atoms with van der Waals surface area (Å²) in [6, 6.07) is 15.0. The minimum absolute atomic E-state index is 0.0544. The van der Waals surface area contributed by atoms with E-state index in [9.17, 15) is 14.0 Å². The molecule has 0 spiro atoms. The van der Waals surface area contributed by atoms with Gasteiger partial charge in [-0.2, -0.15) is 0 Å². The van der Waals surface area contributed by atoms with E-state index in [4.69, 9.17) is 11.6 Å². The minimum Gasteiger partial charge on any atom is -0.345 e. The second kappa shape index (κ2) is 9.87. The fraction of sp³-hybridized carbons (Fsp3) is 0.208. The van der Waals surface area contributed by atoms with Gasteiger partial charge in [0.25, 0.3) is 5.91 Å². The molecule has 170 valence electrons. The Hall–Kier alpha value is -3.65. The van der Waals surface area contributed by atoms with Crippen molar-refractivity contribution in [2.24, 2.45) is 0 Å². The Kier molecular flexibility index (Phi) is 6.74. The van der Waals surface area contributed by atoms with Crippen molar-refractivity contribution >= 4 is 40.6 Å². The fourth-order valence-corrected chi connectivity index (χ4v) is 3.80. The van der Waals surface area contributed by atoms with Gasteiger partial charge in [-0.15, -0.1) is 0 Å². The summed E-state index contributed by atoms with van der Waals surface area (Å²) < 4.78 is 13.3. The van der Waals surface area contributed by atoms with Crippen molar-refractivity contribution in [2.75, 3.05) is 43.4 Å². The third-order valence-corrected chi connectivity index (χ3v) is 5.87. The number of hydrogen-bond donors (Lipinski definition) is 1. The number of aromatic nitrogens is 1. The van der Waals surface area contributed by atoms with Crippen LogP contribution in [-0.2, 0) is 0 Å². The Morgan fingerprint density at radius 3 is 2.18 bits per heavy atom. The van der Waals surface area contributed by atoms with E-state index in [1.54, 1.807) is 22.2 Å². The second-order valence-electron chi connectivity index (χ2n) is 7.65. The van der Waals surface area contributed by atoms with E-state index in [-0.39, 0.29) is 17.0 Å². The SMILES string of the molecule is CN(c1ccncc1)c1ccc(C(=O)N2CCN(C(=O)Nc3ccc(F)c(Cl)c3)CC2)cc1. The third kappa shape index (κ3) is 5.23. The summed E-state index contributed by atoms with van der Waals surface area (Å²) in [6.45, 7) is 1.65. The number of benzene rings is 2. The van der Waals surface area contributed by atoms with Crippen molar-refractivity contribution in [2.45, 2.75) is 0 Å². The number of hydrogen-bond acceptors (Lipinski definition) is 4. The van der Waals surface area contributed by atoms with Gasteiger partial charge in [-0.3, -0.25) is 9.78 Å². The first-order chi connectivity index (χ1) is 15.9. The molecule has 0 atom stereocenters. The van der Waals surface area contributed by atoms with Gasteiger partial charge in [0.2, 0.25) is 0 Å². The van der Waals surface area contributed by atoms with Gasteiger partial charge in [-0.25, -0.2) is 9.18 Å². The minimum atomic E-state index is -0.543. The molecule has 4 rings (SSSR count). The zero-order chi connectivity index (χ0) is 23.4. The lowest BCUT2D eigenvalue weighted by molar-refractivity contribution is 0.0671. The molecule has 3 amide bonds. The molecule has 1 aliphatic rings. The maximum absolute atomic E-state index is 13.3. The molecule has 7 nitrogen and oxygen atoms in total. The molecule has 0 aliphatic carbocycles. The predicted molar refractivity (Wildman–Crippen MR) is 127 cm³/mol. The van der Waals surface area contributed by atoms with E-state index in [1.807, 2.05) is 48.3 Å². The van der Waals surface area contributed by atoms with Crippen LogP contribution in [0.4, 0.5) is 26.2 Å². The van der Waals surface area contributed by atoms with Crippen molar-refractivity contribution in [3.05, 3.63) is 83.4 Å². The summed E-state index contributed by atoms with van der Waals surface area (Å²) >= 11 is 5.76. The van der Waals surface area contributed by atoms with Gasteiger partial charge in [0, 0.05) is 68.2 Å². The second-order valence-corrected chi connectivity index (χ2v) is 8.06. The average molecular weight is 468 g/mol. The number of urea groups is 1. The molecule has 0 radical (unpaired) electrons. The molecule has 1 saturated heterocycles. The van der Waals surface area contributed by atoms with E-state index >= 15 is 0 Å². The molecule has 0 saturated carbocycles. The van der Waals surface area contributed by atoms with Gasteiger partial charge in [-0.1, -0.05) is 11.6 Å². The van der Waals surface area contributed by atoms with Crippen molar-refractivity contribution in [1.82, 2.24) is 14.8 Å². The van der Waals surface area contributed by atoms with Gasteiger partial charge >= 0.3 is 6.03 Å². The van der Waals surface area contributed by atoms with Crippen LogP contribution in [0.1, 0.15) is 10.4 Å². The summed E-state index contributed by atoms with van der Waals surface area (Å²) in [4.78, 5) is 34.8. The number of carbonyl (C=O) groups is 2. The fourth-order valence-electron chi connectivity index (χ4n) is 3.62. The summed E-state index contributed by atoms with van der Waals surface area (Å²) in [5.74, 6) is -0.614. The van der Waals surface area contributed by atoms with Crippen LogP contribution in [-0.4, -0.2) is 59.9 Å². The standard InChI is InChI=1S/C24H23ClFN5O2/c1-29(20-8-10-27-11-9-20)19-5-2-17(3-6-19)23(32)30-12-14-31(15-13-30)24(33)28-18-4-7-22(26)21(25)16-18/h2-11,16H,12-15H2,1H3,(H,28,33). The molecule has 2 heterocycles. The number of rotatable bonds is 4. The molecule has 0 unspecified atom stereocenters. The maximum atomic E-state index is 13.3. The molecule has 9 heteroatoms.